The topological polar surface area (TPSA) is 35.6 Å². The lowest BCUT2D eigenvalue weighted by Crippen LogP contribution is -2.35. The first-order valence-corrected chi connectivity index (χ1v) is 7.34. The van der Waals surface area contributed by atoms with E-state index in [0.717, 1.165) is 25.9 Å². The second-order valence-electron chi connectivity index (χ2n) is 5.57. The molecule has 1 atom stereocenters. The van der Waals surface area contributed by atoms with Gasteiger partial charge in [0.2, 0.25) is 5.91 Å². The molecule has 4 nitrogen and oxygen atoms in total. The number of nitrogens with zero attached hydrogens (tertiary/aromatic N) is 2. The van der Waals surface area contributed by atoms with Gasteiger partial charge in [-0.25, -0.2) is 0 Å². The lowest BCUT2D eigenvalue weighted by molar-refractivity contribution is -0.128. The van der Waals surface area contributed by atoms with Crippen LogP contribution in [0.25, 0.3) is 0 Å². The summed E-state index contributed by atoms with van der Waals surface area (Å²) < 4.78 is 0. The van der Waals surface area contributed by atoms with Gasteiger partial charge < -0.3 is 15.1 Å². The third-order valence-electron chi connectivity index (χ3n) is 4.01. The maximum atomic E-state index is 11.6. The third-order valence-corrected chi connectivity index (χ3v) is 4.01. The molecule has 1 N–H and O–H groups in total. The van der Waals surface area contributed by atoms with Gasteiger partial charge in [-0.2, -0.15) is 0 Å². The molecule has 1 unspecified atom stereocenters. The second kappa shape index (κ2) is 6.75. The molecule has 2 rings (SSSR count). The number of hydrogen-bond acceptors (Lipinski definition) is 3. The van der Waals surface area contributed by atoms with E-state index in [1.54, 1.807) is 4.90 Å². The minimum atomic E-state index is 0.211. The normalized spacial score (nSPS) is 17.8. The van der Waals surface area contributed by atoms with Crippen LogP contribution in [0.1, 0.15) is 30.9 Å². The molecule has 20 heavy (non-hydrogen) atoms. The zero-order valence-corrected chi connectivity index (χ0v) is 12.7. The first-order valence-electron chi connectivity index (χ1n) is 7.34. The molecular formula is C16H25N3O. The van der Waals surface area contributed by atoms with Crippen molar-refractivity contribution in [1.29, 1.82) is 0 Å². The van der Waals surface area contributed by atoms with Crippen LogP contribution in [0.2, 0.25) is 0 Å². The fourth-order valence-corrected chi connectivity index (χ4v) is 2.81. The van der Waals surface area contributed by atoms with Gasteiger partial charge in [0.1, 0.15) is 0 Å². The third kappa shape index (κ3) is 3.31. The molecule has 1 aliphatic rings. The SMILES string of the molecule is CNC1CCN(CCCC(=O)N(C)C)c2ccccc21. The van der Waals surface area contributed by atoms with Crippen LogP contribution in [-0.2, 0) is 4.79 Å². The summed E-state index contributed by atoms with van der Waals surface area (Å²) in [5, 5.41) is 3.38. The van der Waals surface area contributed by atoms with Crippen molar-refractivity contribution in [3.8, 4) is 0 Å². The van der Waals surface area contributed by atoms with Crippen LogP contribution in [-0.4, -0.2) is 45.0 Å². The van der Waals surface area contributed by atoms with Gasteiger partial charge in [-0.1, -0.05) is 18.2 Å². The van der Waals surface area contributed by atoms with E-state index in [1.807, 2.05) is 21.1 Å². The lowest BCUT2D eigenvalue weighted by atomic mass is 9.96. The Bertz CT molecular complexity index is 459. The minimum absolute atomic E-state index is 0.211. The zero-order chi connectivity index (χ0) is 14.5. The molecule has 0 bridgehead atoms. The van der Waals surface area contributed by atoms with E-state index in [2.05, 4.69) is 34.5 Å². The van der Waals surface area contributed by atoms with Gasteiger partial charge >= 0.3 is 0 Å². The number of carbonyl (C=O) groups excluding carboxylic acids is 1. The van der Waals surface area contributed by atoms with Crippen LogP contribution in [0.3, 0.4) is 0 Å². The molecule has 0 fully saturated rings. The lowest BCUT2D eigenvalue weighted by Gasteiger charge is -2.35. The Kier molecular flexibility index (Phi) is 5.01. The monoisotopic (exact) mass is 275 g/mol. The summed E-state index contributed by atoms with van der Waals surface area (Å²) in [6.45, 7) is 2.01. The van der Waals surface area contributed by atoms with Crippen LogP contribution < -0.4 is 10.2 Å². The number of hydrogen-bond donors (Lipinski definition) is 1. The first-order chi connectivity index (χ1) is 9.63. The number of nitrogens with one attached hydrogen (secondary N) is 1. The quantitative estimate of drug-likeness (QED) is 0.893. The van der Waals surface area contributed by atoms with Gasteiger partial charge in [0.05, 0.1) is 0 Å². The number of fused-ring (bicyclic) bond motifs is 1. The fourth-order valence-electron chi connectivity index (χ4n) is 2.81. The zero-order valence-electron chi connectivity index (χ0n) is 12.7. The van der Waals surface area contributed by atoms with Crippen molar-refractivity contribution < 1.29 is 4.79 Å². The number of anilines is 1. The van der Waals surface area contributed by atoms with Gasteiger partial charge in [-0.3, -0.25) is 4.79 Å². The predicted octanol–water partition coefficient (Wildman–Crippen LogP) is 2.03. The van der Waals surface area contributed by atoms with Gasteiger partial charge in [0.15, 0.2) is 0 Å². The largest absolute Gasteiger partial charge is 0.371 e. The van der Waals surface area contributed by atoms with E-state index >= 15 is 0 Å². The van der Waals surface area contributed by atoms with Crippen molar-refractivity contribution in [2.24, 2.45) is 0 Å². The number of amides is 1. The van der Waals surface area contributed by atoms with E-state index in [4.69, 9.17) is 0 Å². The Morgan fingerprint density at radius 1 is 1.40 bits per heavy atom. The average Bonchev–Trinajstić information content (AvgIpc) is 2.47. The maximum Gasteiger partial charge on any atom is 0.222 e. The van der Waals surface area contributed by atoms with E-state index in [9.17, 15) is 4.79 Å². The van der Waals surface area contributed by atoms with E-state index in [0.29, 0.717) is 12.5 Å². The van der Waals surface area contributed by atoms with Gasteiger partial charge in [0, 0.05) is 45.3 Å². The second-order valence-corrected chi connectivity index (χ2v) is 5.57. The summed E-state index contributed by atoms with van der Waals surface area (Å²) >= 11 is 0. The van der Waals surface area contributed by atoms with Crippen molar-refractivity contribution in [3.05, 3.63) is 29.8 Å². The summed E-state index contributed by atoms with van der Waals surface area (Å²) in [4.78, 5) is 15.7. The minimum Gasteiger partial charge on any atom is -0.371 e. The van der Waals surface area contributed by atoms with Crippen LogP contribution in [0.15, 0.2) is 24.3 Å². The van der Waals surface area contributed by atoms with Crippen LogP contribution >= 0.6 is 0 Å². The maximum absolute atomic E-state index is 11.6. The number of benzene rings is 1. The molecule has 0 saturated heterocycles. The average molecular weight is 275 g/mol. The van der Waals surface area contributed by atoms with Crippen LogP contribution in [0.5, 0.6) is 0 Å². The van der Waals surface area contributed by atoms with Crippen LogP contribution in [0, 0.1) is 0 Å². The number of carbonyl (C=O) groups is 1. The molecule has 0 aliphatic carbocycles. The number of para-hydroxylation sites is 1. The Morgan fingerprint density at radius 2 is 2.15 bits per heavy atom. The molecule has 1 heterocycles. The standard InChI is InChI=1S/C16H25N3O/c1-17-14-10-12-19(11-6-9-16(20)18(2)3)15-8-5-4-7-13(14)15/h4-5,7-8,14,17H,6,9-12H2,1-3H3. The molecule has 1 aromatic carbocycles. The van der Waals surface area contributed by atoms with Crippen molar-refractivity contribution in [2.45, 2.75) is 25.3 Å². The van der Waals surface area contributed by atoms with Gasteiger partial charge in [-0.15, -0.1) is 0 Å². The molecule has 0 saturated carbocycles. The Labute approximate surface area is 121 Å². The molecule has 0 aromatic heterocycles. The molecule has 1 amide bonds. The van der Waals surface area contributed by atoms with Gasteiger partial charge in [0.25, 0.3) is 0 Å². The molecule has 110 valence electrons. The molecule has 4 heteroatoms. The van der Waals surface area contributed by atoms with E-state index < -0.39 is 0 Å². The van der Waals surface area contributed by atoms with Crippen molar-refractivity contribution in [3.63, 3.8) is 0 Å². The Morgan fingerprint density at radius 3 is 2.85 bits per heavy atom. The summed E-state index contributed by atoms with van der Waals surface area (Å²) in [6, 6.07) is 9.03. The first kappa shape index (κ1) is 14.9. The van der Waals surface area contributed by atoms with Crippen molar-refractivity contribution in [1.82, 2.24) is 10.2 Å². The Hall–Kier alpha value is -1.55. The highest BCUT2D eigenvalue weighted by Crippen LogP contribution is 2.33. The molecule has 0 radical (unpaired) electrons. The Balaban J connectivity index is 1.98. The molecular weight excluding hydrogens is 250 g/mol. The fraction of sp³-hybridized carbons (Fsp3) is 0.562. The summed E-state index contributed by atoms with van der Waals surface area (Å²) in [5.74, 6) is 0.211. The summed E-state index contributed by atoms with van der Waals surface area (Å²) in [5.41, 5.74) is 2.69. The molecule has 0 spiro atoms. The number of rotatable bonds is 5. The summed E-state index contributed by atoms with van der Waals surface area (Å²) in [7, 11) is 5.65. The molecule has 1 aliphatic heterocycles. The molecule has 1 aromatic rings. The van der Waals surface area contributed by atoms with Crippen molar-refractivity contribution >= 4 is 11.6 Å². The summed E-state index contributed by atoms with van der Waals surface area (Å²) in [6.07, 6.45) is 2.66. The van der Waals surface area contributed by atoms with Crippen LogP contribution in [0.4, 0.5) is 5.69 Å². The van der Waals surface area contributed by atoms with E-state index in [1.165, 1.54) is 11.3 Å². The smallest absolute Gasteiger partial charge is 0.222 e. The van der Waals surface area contributed by atoms with Crippen molar-refractivity contribution in [2.75, 3.05) is 39.1 Å². The predicted molar refractivity (Wildman–Crippen MR) is 83.0 cm³/mol. The highest BCUT2D eigenvalue weighted by Gasteiger charge is 2.23. The van der Waals surface area contributed by atoms with E-state index in [-0.39, 0.29) is 5.91 Å². The highest BCUT2D eigenvalue weighted by molar-refractivity contribution is 5.75. The highest BCUT2D eigenvalue weighted by atomic mass is 16.2. The van der Waals surface area contributed by atoms with Gasteiger partial charge in [-0.05, 0) is 31.5 Å².